The molecule has 2 aromatic carbocycles. The Bertz CT molecular complexity index is 864. The van der Waals surface area contributed by atoms with Crippen LogP contribution in [0.25, 0.3) is 0 Å². The Labute approximate surface area is 160 Å². The SMILES string of the molecule is O=C(COC(=O)c1ccc(Cl)c(N2CCCC2=O)c1)c1ccc(Cl)cc1. The summed E-state index contributed by atoms with van der Waals surface area (Å²) in [6.45, 7) is 0.174. The maximum absolute atomic E-state index is 12.3. The molecule has 0 spiro atoms. The van der Waals surface area contributed by atoms with Gasteiger partial charge in [0.15, 0.2) is 12.4 Å². The van der Waals surface area contributed by atoms with Crippen LogP contribution >= 0.6 is 23.2 Å². The van der Waals surface area contributed by atoms with E-state index < -0.39 is 5.97 Å². The van der Waals surface area contributed by atoms with Crippen LogP contribution in [-0.2, 0) is 9.53 Å². The third kappa shape index (κ3) is 4.06. The lowest BCUT2D eigenvalue weighted by molar-refractivity contribution is -0.117. The van der Waals surface area contributed by atoms with Crippen LogP contribution in [0.5, 0.6) is 0 Å². The highest BCUT2D eigenvalue weighted by Crippen LogP contribution is 2.30. The molecule has 0 unspecified atom stereocenters. The van der Waals surface area contributed by atoms with E-state index in [4.69, 9.17) is 27.9 Å². The summed E-state index contributed by atoms with van der Waals surface area (Å²) in [5.41, 5.74) is 1.11. The molecule has 26 heavy (non-hydrogen) atoms. The lowest BCUT2D eigenvalue weighted by Gasteiger charge is -2.18. The Hall–Kier alpha value is -2.37. The smallest absolute Gasteiger partial charge is 0.338 e. The van der Waals surface area contributed by atoms with Crippen LogP contribution in [0.3, 0.4) is 0 Å². The van der Waals surface area contributed by atoms with Crippen molar-refractivity contribution in [1.82, 2.24) is 0 Å². The molecule has 3 rings (SSSR count). The van der Waals surface area contributed by atoms with Crippen molar-refractivity contribution < 1.29 is 19.1 Å². The number of halogens is 2. The molecule has 134 valence electrons. The van der Waals surface area contributed by atoms with Crippen LogP contribution in [0.4, 0.5) is 5.69 Å². The summed E-state index contributed by atoms with van der Waals surface area (Å²) >= 11 is 11.9. The first kappa shape index (κ1) is 18.4. The maximum Gasteiger partial charge on any atom is 0.338 e. The molecule has 1 amide bonds. The summed E-state index contributed by atoms with van der Waals surface area (Å²) in [7, 11) is 0. The molecule has 0 bridgehead atoms. The van der Waals surface area contributed by atoms with Crippen molar-refractivity contribution in [3.05, 3.63) is 63.6 Å². The predicted molar refractivity (Wildman–Crippen MR) is 99.1 cm³/mol. The molecular weight excluding hydrogens is 377 g/mol. The lowest BCUT2D eigenvalue weighted by atomic mass is 10.1. The number of anilines is 1. The average molecular weight is 392 g/mol. The normalized spacial score (nSPS) is 13.8. The summed E-state index contributed by atoms with van der Waals surface area (Å²) in [6, 6.07) is 10.9. The third-order valence-electron chi connectivity index (χ3n) is 4.05. The van der Waals surface area contributed by atoms with Gasteiger partial charge in [0.2, 0.25) is 5.91 Å². The van der Waals surface area contributed by atoms with Gasteiger partial charge in [-0.05, 0) is 48.9 Å². The molecule has 1 aliphatic heterocycles. The molecule has 1 saturated heterocycles. The first-order chi connectivity index (χ1) is 12.5. The molecule has 0 N–H and O–H groups in total. The average Bonchev–Trinajstić information content (AvgIpc) is 3.06. The number of carbonyl (C=O) groups is 3. The summed E-state index contributed by atoms with van der Waals surface area (Å²) in [5.74, 6) is -1.02. The van der Waals surface area contributed by atoms with E-state index in [0.717, 1.165) is 6.42 Å². The van der Waals surface area contributed by atoms with Crippen LogP contribution in [0, 0.1) is 0 Å². The Morgan fingerprint density at radius 2 is 1.73 bits per heavy atom. The number of rotatable bonds is 5. The Morgan fingerprint density at radius 1 is 1.04 bits per heavy atom. The van der Waals surface area contributed by atoms with Crippen molar-refractivity contribution in [2.75, 3.05) is 18.1 Å². The molecule has 0 aromatic heterocycles. The van der Waals surface area contributed by atoms with Crippen molar-refractivity contribution in [1.29, 1.82) is 0 Å². The number of ether oxygens (including phenoxy) is 1. The number of hydrogen-bond acceptors (Lipinski definition) is 4. The zero-order chi connectivity index (χ0) is 18.7. The monoisotopic (exact) mass is 391 g/mol. The summed E-state index contributed by atoms with van der Waals surface area (Å²) in [4.78, 5) is 37.8. The lowest BCUT2D eigenvalue weighted by Crippen LogP contribution is -2.24. The van der Waals surface area contributed by atoms with Crippen LogP contribution in [0.15, 0.2) is 42.5 Å². The Kier molecular flexibility index (Phi) is 5.59. The van der Waals surface area contributed by atoms with Crippen LogP contribution in [-0.4, -0.2) is 30.8 Å². The van der Waals surface area contributed by atoms with Gasteiger partial charge in [-0.3, -0.25) is 9.59 Å². The number of hydrogen-bond donors (Lipinski definition) is 0. The number of esters is 1. The number of benzene rings is 2. The van der Waals surface area contributed by atoms with Crippen LogP contribution in [0.1, 0.15) is 33.6 Å². The zero-order valence-corrected chi connectivity index (χ0v) is 15.2. The molecule has 1 heterocycles. The predicted octanol–water partition coefficient (Wildman–Crippen LogP) is 4.16. The molecular formula is C19H15Cl2NO4. The van der Waals surface area contributed by atoms with Crippen LogP contribution in [0.2, 0.25) is 10.0 Å². The molecule has 0 radical (unpaired) electrons. The largest absolute Gasteiger partial charge is 0.454 e. The van der Waals surface area contributed by atoms with E-state index in [-0.39, 0.29) is 23.9 Å². The van der Waals surface area contributed by atoms with E-state index >= 15 is 0 Å². The Morgan fingerprint density at radius 3 is 2.38 bits per heavy atom. The minimum atomic E-state index is -0.656. The van der Waals surface area contributed by atoms with Gasteiger partial charge in [-0.25, -0.2) is 4.79 Å². The van der Waals surface area contributed by atoms with E-state index in [1.807, 2.05) is 0 Å². The van der Waals surface area contributed by atoms with Crippen molar-refractivity contribution in [3.63, 3.8) is 0 Å². The topological polar surface area (TPSA) is 63.7 Å². The van der Waals surface area contributed by atoms with Gasteiger partial charge in [0.05, 0.1) is 16.3 Å². The van der Waals surface area contributed by atoms with E-state index in [1.165, 1.54) is 12.1 Å². The van der Waals surface area contributed by atoms with E-state index in [9.17, 15) is 14.4 Å². The van der Waals surface area contributed by atoms with E-state index in [2.05, 4.69) is 0 Å². The van der Waals surface area contributed by atoms with Crippen molar-refractivity contribution >= 4 is 46.5 Å². The molecule has 0 aliphatic carbocycles. The number of ketones is 1. The third-order valence-corrected chi connectivity index (χ3v) is 4.62. The number of nitrogens with zero attached hydrogens (tertiary/aromatic N) is 1. The molecule has 1 aliphatic rings. The summed E-state index contributed by atoms with van der Waals surface area (Å²) in [5, 5.41) is 0.901. The number of carbonyl (C=O) groups excluding carboxylic acids is 3. The minimum absolute atomic E-state index is 0.0321. The second-order valence-electron chi connectivity index (χ2n) is 5.82. The number of Topliss-reactive ketones (excluding diaryl/α,β-unsaturated/α-hetero) is 1. The standard InChI is InChI=1S/C19H15Cl2NO4/c20-14-6-3-12(4-7-14)17(23)11-26-19(25)13-5-8-15(21)16(10-13)22-9-1-2-18(22)24/h3-8,10H,1-2,9,11H2. The molecule has 0 saturated carbocycles. The minimum Gasteiger partial charge on any atom is -0.454 e. The van der Waals surface area contributed by atoms with Crippen LogP contribution < -0.4 is 4.90 Å². The first-order valence-corrected chi connectivity index (χ1v) is 8.77. The molecule has 2 aromatic rings. The van der Waals surface area contributed by atoms with Crippen molar-refractivity contribution in [2.24, 2.45) is 0 Å². The fourth-order valence-electron chi connectivity index (χ4n) is 2.68. The highest BCUT2D eigenvalue weighted by atomic mass is 35.5. The summed E-state index contributed by atoms with van der Waals surface area (Å²) in [6.07, 6.45) is 1.21. The quantitative estimate of drug-likeness (QED) is 0.566. The van der Waals surface area contributed by atoms with Gasteiger partial charge >= 0.3 is 5.97 Å². The van der Waals surface area contributed by atoms with Gasteiger partial charge in [-0.1, -0.05) is 23.2 Å². The van der Waals surface area contributed by atoms with Gasteiger partial charge < -0.3 is 9.64 Å². The van der Waals surface area contributed by atoms with Crippen molar-refractivity contribution in [2.45, 2.75) is 12.8 Å². The number of amides is 1. The zero-order valence-electron chi connectivity index (χ0n) is 13.7. The van der Waals surface area contributed by atoms with Gasteiger partial charge in [0.1, 0.15) is 0 Å². The van der Waals surface area contributed by atoms with E-state index in [0.29, 0.717) is 34.3 Å². The maximum atomic E-state index is 12.3. The second-order valence-corrected chi connectivity index (χ2v) is 6.66. The highest BCUT2D eigenvalue weighted by molar-refractivity contribution is 6.34. The Balaban J connectivity index is 1.69. The van der Waals surface area contributed by atoms with Gasteiger partial charge in [-0.2, -0.15) is 0 Å². The second kappa shape index (κ2) is 7.89. The van der Waals surface area contributed by atoms with E-state index in [1.54, 1.807) is 35.2 Å². The summed E-state index contributed by atoms with van der Waals surface area (Å²) < 4.78 is 5.09. The molecule has 0 atom stereocenters. The van der Waals surface area contributed by atoms with Gasteiger partial charge in [0, 0.05) is 23.6 Å². The molecule has 7 heteroatoms. The van der Waals surface area contributed by atoms with Gasteiger partial charge in [0.25, 0.3) is 0 Å². The fourth-order valence-corrected chi connectivity index (χ4v) is 3.03. The fraction of sp³-hybridized carbons (Fsp3) is 0.211. The van der Waals surface area contributed by atoms with Crippen molar-refractivity contribution in [3.8, 4) is 0 Å². The highest BCUT2D eigenvalue weighted by Gasteiger charge is 2.24. The molecule has 5 nitrogen and oxygen atoms in total. The first-order valence-electron chi connectivity index (χ1n) is 8.01. The molecule has 1 fully saturated rings. The van der Waals surface area contributed by atoms with Gasteiger partial charge in [-0.15, -0.1) is 0 Å².